The van der Waals surface area contributed by atoms with Crippen LogP contribution in [0.2, 0.25) is 0 Å². The first-order valence-electron chi connectivity index (χ1n) is 7.87. The Bertz CT molecular complexity index is 674. The van der Waals surface area contributed by atoms with Crippen molar-refractivity contribution >= 4 is 6.03 Å². The lowest BCUT2D eigenvalue weighted by Crippen LogP contribution is -2.41. The van der Waals surface area contributed by atoms with Crippen LogP contribution >= 0.6 is 0 Å². The van der Waals surface area contributed by atoms with Crippen molar-refractivity contribution in [3.8, 4) is 5.75 Å². The number of amides is 2. The van der Waals surface area contributed by atoms with Gasteiger partial charge >= 0.3 is 6.03 Å². The van der Waals surface area contributed by atoms with Crippen LogP contribution in [0.4, 0.5) is 4.79 Å². The van der Waals surface area contributed by atoms with Crippen LogP contribution in [0.3, 0.4) is 0 Å². The second kappa shape index (κ2) is 6.32. The quantitative estimate of drug-likeness (QED) is 0.888. The zero-order valence-electron chi connectivity index (χ0n) is 13.6. The van der Waals surface area contributed by atoms with Gasteiger partial charge in [0.05, 0.1) is 12.6 Å². The van der Waals surface area contributed by atoms with E-state index in [1.54, 1.807) is 7.11 Å². The maximum absolute atomic E-state index is 12.2. The lowest BCUT2D eigenvalue weighted by molar-refractivity contribution is 0.235. The fourth-order valence-corrected chi connectivity index (χ4v) is 2.67. The Balaban J connectivity index is 1.55. The second-order valence-corrected chi connectivity index (χ2v) is 6.10. The normalized spacial score (nSPS) is 14.9. The van der Waals surface area contributed by atoms with E-state index in [1.807, 2.05) is 24.3 Å². The Morgan fingerprint density at radius 2 is 1.74 bits per heavy atom. The third kappa shape index (κ3) is 3.65. The van der Waals surface area contributed by atoms with Crippen molar-refractivity contribution in [1.82, 2.24) is 10.6 Å². The van der Waals surface area contributed by atoms with Crippen molar-refractivity contribution in [2.75, 3.05) is 7.11 Å². The molecule has 1 fully saturated rings. The highest BCUT2D eigenvalue weighted by Crippen LogP contribution is 2.45. The highest BCUT2D eigenvalue weighted by molar-refractivity contribution is 5.75. The number of nitrogens with one attached hydrogen (secondary N) is 2. The van der Waals surface area contributed by atoms with E-state index in [4.69, 9.17) is 4.74 Å². The largest absolute Gasteiger partial charge is 0.497 e. The maximum Gasteiger partial charge on any atom is 0.315 e. The average Bonchev–Trinajstić information content (AvgIpc) is 3.34. The molecule has 0 unspecified atom stereocenters. The molecule has 23 heavy (non-hydrogen) atoms. The van der Waals surface area contributed by atoms with Crippen molar-refractivity contribution in [3.63, 3.8) is 0 Å². The summed E-state index contributed by atoms with van der Waals surface area (Å²) in [6.45, 7) is 2.57. The third-order valence-corrected chi connectivity index (χ3v) is 4.32. The first-order chi connectivity index (χ1) is 11.1. The van der Waals surface area contributed by atoms with Gasteiger partial charge in [0.15, 0.2) is 0 Å². The summed E-state index contributed by atoms with van der Waals surface area (Å²) in [5.41, 5.74) is 3.27. The number of aryl methyl sites for hydroxylation is 1. The molecule has 0 atom stereocenters. The molecule has 4 heteroatoms. The summed E-state index contributed by atoms with van der Waals surface area (Å²) in [4.78, 5) is 12.2. The summed E-state index contributed by atoms with van der Waals surface area (Å²) >= 11 is 0. The van der Waals surface area contributed by atoms with E-state index in [1.165, 1.54) is 11.1 Å². The van der Waals surface area contributed by atoms with E-state index in [0.717, 1.165) is 24.2 Å². The van der Waals surface area contributed by atoms with Crippen LogP contribution in [-0.4, -0.2) is 13.1 Å². The fraction of sp³-hybridized carbons (Fsp3) is 0.316. The predicted octanol–water partition coefficient (Wildman–Crippen LogP) is 3.49. The van der Waals surface area contributed by atoms with Gasteiger partial charge in [-0.1, -0.05) is 42.0 Å². The lowest BCUT2D eigenvalue weighted by atomic mass is 10.0. The van der Waals surface area contributed by atoms with Crippen LogP contribution in [0.5, 0.6) is 5.75 Å². The van der Waals surface area contributed by atoms with Gasteiger partial charge in [-0.15, -0.1) is 0 Å². The van der Waals surface area contributed by atoms with Gasteiger partial charge in [0.25, 0.3) is 0 Å². The Morgan fingerprint density at radius 3 is 2.30 bits per heavy atom. The van der Waals surface area contributed by atoms with Gasteiger partial charge in [0.2, 0.25) is 0 Å². The molecule has 1 saturated carbocycles. The van der Waals surface area contributed by atoms with Gasteiger partial charge in [-0.3, -0.25) is 0 Å². The SMILES string of the molecule is COc1ccc(CNC(=O)NC2(c3ccc(C)cc3)CC2)cc1. The molecule has 2 aromatic carbocycles. The summed E-state index contributed by atoms with van der Waals surface area (Å²) in [5, 5.41) is 6.04. The fourth-order valence-electron chi connectivity index (χ4n) is 2.67. The Kier molecular flexibility index (Phi) is 4.24. The van der Waals surface area contributed by atoms with E-state index in [-0.39, 0.29) is 11.6 Å². The summed E-state index contributed by atoms with van der Waals surface area (Å²) in [6, 6.07) is 15.9. The number of hydrogen-bond donors (Lipinski definition) is 2. The number of carbonyl (C=O) groups excluding carboxylic acids is 1. The minimum atomic E-state index is -0.183. The molecule has 3 rings (SSSR count). The number of hydrogen-bond acceptors (Lipinski definition) is 2. The van der Waals surface area contributed by atoms with Gasteiger partial charge in [0, 0.05) is 6.54 Å². The molecular weight excluding hydrogens is 288 g/mol. The van der Waals surface area contributed by atoms with E-state index in [9.17, 15) is 4.79 Å². The molecule has 4 nitrogen and oxygen atoms in total. The minimum absolute atomic E-state index is 0.126. The van der Waals surface area contributed by atoms with Crippen molar-refractivity contribution in [3.05, 3.63) is 65.2 Å². The first-order valence-corrected chi connectivity index (χ1v) is 7.87. The zero-order valence-corrected chi connectivity index (χ0v) is 13.6. The number of rotatable bonds is 5. The van der Waals surface area contributed by atoms with E-state index < -0.39 is 0 Å². The monoisotopic (exact) mass is 310 g/mol. The summed E-state index contributed by atoms with van der Waals surface area (Å²) in [5.74, 6) is 0.814. The summed E-state index contributed by atoms with van der Waals surface area (Å²) < 4.78 is 5.13. The van der Waals surface area contributed by atoms with Crippen LogP contribution in [0.1, 0.15) is 29.5 Å². The van der Waals surface area contributed by atoms with Gasteiger partial charge in [-0.05, 0) is 43.0 Å². The van der Waals surface area contributed by atoms with Crippen LogP contribution in [-0.2, 0) is 12.1 Å². The van der Waals surface area contributed by atoms with Crippen molar-refractivity contribution in [2.45, 2.75) is 31.8 Å². The van der Waals surface area contributed by atoms with Gasteiger partial charge in [-0.25, -0.2) is 4.79 Å². The topological polar surface area (TPSA) is 50.4 Å². The van der Waals surface area contributed by atoms with E-state index >= 15 is 0 Å². The minimum Gasteiger partial charge on any atom is -0.497 e. The highest BCUT2D eigenvalue weighted by atomic mass is 16.5. The second-order valence-electron chi connectivity index (χ2n) is 6.10. The molecule has 120 valence electrons. The smallest absolute Gasteiger partial charge is 0.315 e. The predicted molar refractivity (Wildman–Crippen MR) is 90.5 cm³/mol. The molecule has 0 heterocycles. The molecule has 2 N–H and O–H groups in total. The molecule has 1 aliphatic rings. The van der Waals surface area contributed by atoms with Crippen LogP contribution < -0.4 is 15.4 Å². The molecule has 1 aliphatic carbocycles. The molecule has 0 aliphatic heterocycles. The van der Waals surface area contributed by atoms with Crippen molar-refractivity contribution < 1.29 is 9.53 Å². The molecular formula is C19H22N2O2. The Morgan fingerprint density at radius 1 is 1.09 bits per heavy atom. The standard InChI is InChI=1S/C19H22N2O2/c1-14-3-7-16(8-4-14)19(11-12-19)21-18(22)20-13-15-5-9-17(23-2)10-6-15/h3-10H,11-13H2,1-2H3,(H2,20,21,22). The van der Waals surface area contributed by atoms with E-state index in [0.29, 0.717) is 6.54 Å². The molecule has 2 aromatic rings. The van der Waals surface area contributed by atoms with Gasteiger partial charge in [0.1, 0.15) is 5.75 Å². The van der Waals surface area contributed by atoms with E-state index in [2.05, 4.69) is 41.8 Å². The van der Waals surface area contributed by atoms with Crippen LogP contribution in [0.15, 0.2) is 48.5 Å². The molecule has 0 saturated heterocycles. The summed E-state index contributed by atoms with van der Waals surface area (Å²) in [7, 11) is 1.64. The van der Waals surface area contributed by atoms with Crippen molar-refractivity contribution in [2.24, 2.45) is 0 Å². The first kappa shape index (κ1) is 15.4. The maximum atomic E-state index is 12.2. The van der Waals surface area contributed by atoms with Crippen molar-refractivity contribution in [1.29, 1.82) is 0 Å². The molecule has 0 bridgehead atoms. The number of methoxy groups -OCH3 is 1. The number of ether oxygens (including phenoxy) is 1. The highest BCUT2D eigenvalue weighted by Gasteiger charge is 2.45. The van der Waals surface area contributed by atoms with Gasteiger partial charge < -0.3 is 15.4 Å². The zero-order chi connectivity index (χ0) is 16.3. The van der Waals surface area contributed by atoms with Crippen LogP contribution in [0.25, 0.3) is 0 Å². The average molecular weight is 310 g/mol. The number of benzene rings is 2. The van der Waals surface area contributed by atoms with Crippen LogP contribution in [0, 0.1) is 6.92 Å². The number of urea groups is 1. The molecule has 0 radical (unpaired) electrons. The third-order valence-electron chi connectivity index (χ3n) is 4.32. The molecule has 0 aromatic heterocycles. The Hall–Kier alpha value is -2.49. The Labute approximate surface area is 136 Å². The molecule has 0 spiro atoms. The number of carbonyl (C=O) groups is 1. The lowest BCUT2D eigenvalue weighted by Gasteiger charge is -2.18. The molecule has 2 amide bonds. The summed E-state index contributed by atoms with van der Waals surface area (Å²) in [6.07, 6.45) is 1.98. The van der Waals surface area contributed by atoms with Gasteiger partial charge in [-0.2, -0.15) is 0 Å².